The molecule has 23 heavy (non-hydrogen) atoms. The van der Waals surface area contributed by atoms with Crippen molar-refractivity contribution in [2.45, 2.75) is 64.8 Å². The predicted octanol–water partition coefficient (Wildman–Crippen LogP) is 1.95. The minimum absolute atomic E-state index is 0.355. The van der Waals surface area contributed by atoms with Crippen LogP contribution in [0.25, 0.3) is 0 Å². The molecular weight excluding hydrogens is 292 g/mol. The molecule has 0 bridgehead atoms. The Morgan fingerprint density at radius 2 is 2.13 bits per heavy atom. The first-order valence-electron chi connectivity index (χ1n) is 8.35. The van der Waals surface area contributed by atoms with Gasteiger partial charge in [-0.3, -0.25) is 4.68 Å². The van der Waals surface area contributed by atoms with Crippen LogP contribution in [0.3, 0.4) is 0 Å². The molecule has 0 unspecified atom stereocenters. The molecule has 1 aromatic rings. The maximum atomic E-state index is 12.3. The number of hydrogen-bond donors (Lipinski definition) is 1. The first-order valence-corrected chi connectivity index (χ1v) is 8.35. The number of piperidine rings is 1. The monoisotopic (exact) mass is 322 g/mol. The van der Waals surface area contributed by atoms with Gasteiger partial charge in [0.25, 0.3) is 0 Å². The lowest BCUT2D eigenvalue weighted by molar-refractivity contribution is 0.00606. The summed E-state index contributed by atoms with van der Waals surface area (Å²) < 4.78 is 7.13. The highest BCUT2D eigenvalue weighted by atomic mass is 16.6. The average Bonchev–Trinajstić information content (AvgIpc) is 2.79. The van der Waals surface area contributed by atoms with Gasteiger partial charge in [0.05, 0.1) is 0 Å². The molecule has 0 amide bonds. The summed E-state index contributed by atoms with van der Waals surface area (Å²) in [4.78, 5) is 14.7. The van der Waals surface area contributed by atoms with Crippen molar-refractivity contribution in [2.24, 2.45) is 7.05 Å². The van der Waals surface area contributed by atoms with Gasteiger partial charge in [-0.15, -0.1) is 0 Å². The van der Waals surface area contributed by atoms with Crippen LogP contribution in [0.5, 0.6) is 0 Å². The molecule has 0 spiro atoms. The van der Waals surface area contributed by atoms with Gasteiger partial charge in [0, 0.05) is 37.4 Å². The second kappa shape index (κ2) is 7.01. The normalized spacial score (nSPS) is 23.0. The number of esters is 1. The summed E-state index contributed by atoms with van der Waals surface area (Å²) in [6.07, 6.45) is 4.14. The predicted molar refractivity (Wildman–Crippen MR) is 90.3 cm³/mol. The third-order valence-corrected chi connectivity index (χ3v) is 4.29. The van der Waals surface area contributed by atoms with Gasteiger partial charge in [-0.1, -0.05) is 0 Å². The summed E-state index contributed by atoms with van der Waals surface area (Å²) in [5, 5.41) is 7.85. The lowest BCUT2D eigenvalue weighted by Crippen LogP contribution is -2.45. The van der Waals surface area contributed by atoms with Crippen LogP contribution in [0.2, 0.25) is 0 Å². The Morgan fingerprint density at radius 3 is 2.74 bits per heavy atom. The summed E-state index contributed by atoms with van der Waals surface area (Å²) >= 11 is 0. The van der Waals surface area contributed by atoms with Crippen molar-refractivity contribution in [3.8, 4) is 0 Å². The van der Waals surface area contributed by atoms with Crippen LogP contribution in [-0.2, 0) is 18.3 Å². The van der Waals surface area contributed by atoms with Crippen LogP contribution in [0.1, 0.15) is 56.6 Å². The highest BCUT2D eigenvalue weighted by Gasteiger charge is 2.25. The lowest BCUT2D eigenvalue weighted by atomic mass is 9.99. The first kappa shape index (κ1) is 17.9. The smallest absolute Gasteiger partial charge is 0.359 e. The fourth-order valence-corrected chi connectivity index (χ4v) is 2.89. The second-order valence-electron chi connectivity index (χ2n) is 7.61. The topological polar surface area (TPSA) is 59.4 Å². The third kappa shape index (κ3) is 5.04. The van der Waals surface area contributed by atoms with E-state index in [4.69, 9.17) is 4.74 Å². The number of ether oxygens (including phenoxy) is 1. The Bertz CT molecular complexity index is 547. The first-order chi connectivity index (χ1) is 10.7. The minimum atomic E-state index is -0.511. The average molecular weight is 322 g/mol. The molecule has 0 saturated carbocycles. The second-order valence-corrected chi connectivity index (χ2v) is 7.61. The van der Waals surface area contributed by atoms with E-state index in [1.54, 1.807) is 4.68 Å². The third-order valence-electron chi connectivity index (χ3n) is 4.29. The highest BCUT2D eigenvalue weighted by Crippen LogP contribution is 2.18. The Morgan fingerprint density at radius 1 is 1.43 bits per heavy atom. The number of likely N-dealkylation sites (tertiary alicyclic amines) is 1. The zero-order valence-corrected chi connectivity index (χ0v) is 15.2. The number of carbonyl (C=O) groups excluding carboxylic acids is 1. The fourth-order valence-electron chi connectivity index (χ4n) is 2.89. The number of carbonyl (C=O) groups is 1. The fraction of sp³-hybridized carbons (Fsp3) is 0.765. The number of aromatic nitrogens is 2. The lowest BCUT2D eigenvalue weighted by Gasteiger charge is -2.35. The molecule has 1 aromatic heterocycles. The molecular formula is C17H30N4O2. The molecule has 130 valence electrons. The molecule has 0 aromatic carbocycles. The van der Waals surface area contributed by atoms with Crippen molar-refractivity contribution in [1.29, 1.82) is 0 Å². The Labute approximate surface area is 139 Å². The number of rotatable bonds is 4. The van der Waals surface area contributed by atoms with Crippen molar-refractivity contribution >= 4 is 5.97 Å². The molecule has 1 fully saturated rings. The Balaban J connectivity index is 1.99. The van der Waals surface area contributed by atoms with E-state index in [-0.39, 0.29) is 5.97 Å². The van der Waals surface area contributed by atoms with E-state index in [1.165, 1.54) is 0 Å². The number of nitrogens with one attached hydrogen (secondary N) is 1. The van der Waals surface area contributed by atoms with E-state index >= 15 is 0 Å². The SMILES string of the molecule is C[C@@H]1C[C@H](NCc2cn(C)nc2C(=O)OC(C)(C)C)CCN1C. The summed E-state index contributed by atoms with van der Waals surface area (Å²) in [7, 11) is 4.00. The van der Waals surface area contributed by atoms with E-state index < -0.39 is 5.60 Å². The molecule has 1 aliphatic rings. The van der Waals surface area contributed by atoms with E-state index in [2.05, 4.69) is 29.3 Å². The molecule has 2 atom stereocenters. The number of hydrogen-bond acceptors (Lipinski definition) is 5. The summed E-state index contributed by atoms with van der Waals surface area (Å²) in [6, 6.07) is 1.06. The minimum Gasteiger partial charge on any atom is -0.455 e. The van der Waals surface area contributed by atoms with Gasteiger partial charge in [0.15, 0.2) is 5.69 Å². The number of aryl methyl sites for hydroxylation is 1. The van der Waals surface area contributed by atoms with Gasteiger partial charge >= 0.3 is 5.97 Å². The van der Waals surface area contributed by atoms with Crippen LogP contribution in [0, 0.1) is 0 Å². The van der Waals surface area contributed by atoms with Gasteiger partial charge in [-0.25, -0.2) is 4.79 Å². The number of nitrogens with zero attached hydrogens (tertiary/aromatic N) is 3. The molecule has 2 rings (SSSR count). The largest absolute Gasteiger partial charge is 0.455 e. The Hall–Kier alpha value is -1.40. The van der Waals surface area contributed by atoms with Crippen LogP contribution in [-0.4, -0.2) is 51.9 Å². The summed E-state index contributed by atoms with van der Waals surface area (Å²) in [5.74, 6) is -0.355. The van der Waals surface area contributed by atoms with Gasteiger partial charge in [0.1, 0.15) is 5.60 Å². The zero-order chi connectivity index (χ0) is 17.2. The van der Waals surface area contributed by atoms with E-state index in [1.807, 2.05) is 34.0 Å². The molecule has 0 radical (unpaired) electrons. The highest BCUT2D eigenvalue weighted by molar-refractivity contribution is 5.89. The van der Waals surface area contributed by atoms with Crippen LogP contribution < -0.4 is 5.32 Å². The molecule has 1 saturated heterocycles. The molecule has 0 aliphatic carbocycles. The standard InChI is InChI=1S/C17H30N4O2/c1-12-9-14(7-8-20(12)5)18-10-13-11-21(6)19-15(13)16(22)23-17(2,3)4/h11-12,14,18H,7-10H2,1-6H3/t12-,14-/m1/s1. The van der Waals surface area contributed by atoms with Crippen LogP contribution >= 0.6 is 0 Å². The van der Waals surface area contributed by atoms with Crippen LogP contribution in [0.4, 0.5) is 0 Å². The van der Waals surface area contributed by atoms with E-state index in [0.717, 1.165) is 24.9 Å². The van der Waals surface area contributed by atoms with Crippen molar-refractivity contribution in [1.82, 2.24) is 20.0 Å². The van der Waals surface area contributed by atoms with E-state index in [0.29, 0.717) is 24.3 Å². The van der Waals surface area contributed by atoms with Gasteiger partial charge in [0.2, 0.25) is 0 Å². The Kier molecular flexibility index (Phi) is 5.47. The van der Waals surface area contributed by atoms with Gasteiger partial charge in [-0.2, -0.15) is 5.10 Å². The molecule has 2 heterocycles. The summed E-state index contributed by atoms with van der Waals surface area (Å²) in [6.45, 7) is 9.60. The van der Waals surface area contributed by atoms with Gasteiger partial charge < -0.3 is 15.0 Å². The molecule has 6 heteroatoms. The van der Waals surface area contributed by atoms with Crippen molar-refractivity contribution in [3.63, 3.8) is 0 Å². The quantitative estimate of drug-likeness (QED) is 0.859. The van der Waals surface area contributed by atoms with Gasteiger partial charge in [-0.05, 0) is 54.1 Å². The maximum absolute atomic E-state index is 12.3. The molecule has 1 aliphatic heterocycles. The molecule has 6 nitrogen and oxygen atoms in total. The molecule has 1 N–H and O–H groups in total. The van der Waals surface area contributed by atoms with Crippen molar-refractivity contribution < 1.29 is 9.53 Å². The van der Waals surface area contributed by atoms with Crippen LogP contribution in [0.15, 0.2) is 6.20 Å². The van der Waals surface area contributed by atoms with E-state index in [9.17, 15) is 4.79 Å². The zero-order valence-electron chi connectivity index (χ0n) is 15.2. The van der Waals surface area contributed by atoms with Crippen molar-refractivity contribution in [2.75, 3.05) is 13.6 Å². The van der Waals surface area contributed by atoms with Crippen molar-refractivity contribution in [3.05, 3.63) is 17.5 Å². The maximum Gasteiger partial charge on any atom is 0.359 e. The summed E-state index contributed by atoms with van der Waals surface area (Å²) in [5.41, 5.74) is 0.798.